The average molecular weight is 210 g/mol. The first-order valence-electron chi connectivity index (χ1n) is 4.63. The zero-order valence-electron chi connectivity index (χ0n) is 8.41. The number of hydrogen-bond acceptors (Lipinski definition) is 3. The van der Waals surface area contributed by atoms with Crippen LogP contribution in [-0.2, 0) is 9.47 Å². The van der Waals surface area contributed by atoms with Crippen LogP contribution in [0.4, 0.5) is 0 Å². The third-order valence-electron chi connectivity index (χ3n) is 2.45. The fraction of sp³-hybridized carbons (Fsp3) is 1.00. The van der Waals surface area contributed by atoms with Crippen molar-refractivity contribution in [2.24, 2.45) is 5.92 Å². The van der Waals surface area contributed by atoms with Crippen LogP contribution in [0, 0.1) is 5.92 Å². The average Bonchev–Trinajstić information content (AvgIpc) is 2.16. The summed E-state index contributed by atoms with van der Waals surface area (Å²) in [4.78, 5) is 0. The quantitative estimate of drug-likeness (QED) is 0.711. The summed E-state index contributed by atoms with van der Waals surface area (Å²) in [6.45, 7) is 2.28. The number of hydrogen-bond donors (Lipinski definition) is 1. The van der Waals surface area contributed by atoms with Crippen molar-refractivity contribution in [3.8, 4) is 0 Å². The normalized spacial score (nSPS) is 22.8. The van der Waals surface area contributed by atoms with Crippen LogP contribution in [0.3, 0.4) is 0 Å². The van der Waals surface area contributed by atoms with Gasteiger partial charge in [-0.3, -0.25) is 0 Å². The van der Waals surface area contributed by atoms with E-state index < -0.39 is 0 Å². The minimum atomic E-state index is -0.0186. The Morgan fingerprint density at radius 3 is 2.54 bits per heavy atom. The van der Waals surface area contributed by atoms with E-state index in [1.54, 1.807) is 14.2 Å². The lowest BCUT2D eigenvalue weighted by atomic mass is 9.96. The van der Waals surface area contributed by atoms with Crippen molar-refractivity contribution in [2.45, 2.75) is 25.6 Å². The fourth-order valence-electron chi connectivity index (χ4n) is 1.69. The van der Waals surface area contributed by atoms with E-state index in [0.29, 0.717) is 0 Å². The third-order valence-corrected chi connectivity index (χ3v) is 2.45. The zero-order chi connectivity index (χ0) is 8.81. The van der Waals surface area contributed by atoms with E-state index in [4.69, 9.17) is 9.47 Å². The number of ether oxygens (including phenoxy) is 2. The van der Waals surface area contributed by atoms with Gasteiger partial charge in [0.05, 0.1) is 0 Å². The lowest BCUT2D eigenvalue weighted by molar-refractivity contribution is -0.115. The standard InChI is InChI=1S/C9H19NO2.ClH/c1-11-9(12-2)6-8-4-3-5-10-7-8;/h8-10H,3-7H2,1-2H3;1H. The van der Waals surface area contributed by atoms with Crippen LogP contribution in [-0.4, -0.2) is 33.6 Å². The first kappa shape index (κ1) is 13.2. The molecule has 1 saturated heterocycles. The molecular formula is C9H20ClNO2. The van der Waals surface area contributed by atoms with E-state index in [0.717, 1.165) is 18.9 Å². The molecule has 1 aliphatic rings. The van der Waals surface area contributed by atoms with Crippen LogP contribution in [0.25, 0.3) is 0 Å². The van der Waals surface area contributed by atoms with Crippen LogP contribution in [0.5, 0.6) is 0 Å². The highest BCUT2D eigenvalue weighted by atomic mass is 35.5. The number of methoxy groups -OCH3 is 2. The van der Waals surface area contributed by atoms with E-state index in [-0.39, 0.29) is 18.7 Å². The largest absolute Gasteiger partial charge is 0.356 e. The van der Waals surface area contributed by atoms with Crippen molar-refractivity contribution < 1.29 is 9.47 Å². The second kappa shape index (κ2) is 7.56. The predicted molar refractivity (Wildman–Crippen MR) is 55.3 cm³/mol. The molecule has 0 aliphatic carbocycles. The van der Waals surface area contributed by atoms with Crippen molar-refractivity contribution >= 4 is 12.4 Å². The van der Waals surface area contributed by atoms with Gasteiger partial charge in [-0.25, -0.2) is 0 Å². The monoisotopic (exact) mass is 209 g/mol. The number of piperidine rings is 1. The fourth-order valence-corrected chi connectivity index (χ4v) is 1.69. The summed E-state index contributed by atoms with van der Waals surface area (Å²) in [5, 5.41) is 3.38. The molecule has 0 spiro atoms. The molecule has 1 atom stereocenters. The third kappa shape index (κ3) is 4.81. The maximum atomic E-state index is 5.15. The Kier molecular flexibility index (Phi) is 7.66. The maximum absolute atomic E-state index is 5.15. The molecule has 1 rings (SSSR count). The molecular weight excluding hydrogens is 190 g/mol. The molecule has 0 saturated carbocycles. The number of nitrogens with one attached hydrogen (secondary N) is 1. The van der Waals surface area contributed by atoms with Gasteiger partial charge in [0.25, 0.3) is 0 Å². The molecule has 13 heavy (non-hydrogen) atoms. The molecule has 1 heterocycles. The van der Waals surface area contributed by atoms with Crippen molar-refractivity contribution in [2.75, 3.05) is 27.3 Å². The minimum absolute atomic E-state index is 0. The van der Waals surface area contributed by atoms with Crippen molar-refractivity contribution in [1.82, 2.24) is 5.32 Å². The van der Waals surface area contributed by atoms with Crippen molar-refractivity contribution in [1.29, 1.82) is 0 Å². The Bertz CT molecular complexity index is 114. The van der Waals surface area contributed by atoms with Gasteiger partial charge in [-0.05, 0) is 31.8 Å². The maximum Gasteiger partial charge on any atom is 0.157 e. The topological polar surface area (TPSA) is 30.5 Å². The molecule has 4 heteroatoms. The first-order chi connectivity index (χ1) is 5.86. The van der Waals surface area contributed by atoms with Crippen LogP contribution in [0.2, 0.25) is 0 Å². The van der Waals surface area contributed by atoms with Gasteiger partial charge in [0.15, 0.2) is 6.29 Å². The Morgan fingerprint density at radius 2 is 2.08 bits per heavy atom. The second-order valence-electron chi connectivity index (χ2n) is 3.35. The van der Waals surface area contributed by atoms with E-state index in [1.165, 1.54) is 19.4 Å². The van der Waals surface area contributed by atoms with Gasteiger partial charge in [-0.2, -0.15) is 0 Å². The highest BCUT2D eigenvalue weighted by Gasteiger charge is 2.17. The minimum Gasteiger partial charge on any atom is -0.356 e. The smallest absolute Gasteiger partial charge is 0.157 e. The Labute approximate surface area is 86.6 Å². The van der Waals surface area contributed by atoms with Crippen LogP contribution in [0.1, 0.15) is 19.3 Å². The highest BCUT2D eigenvalue weighted by Crippen LogP contribution is 2.17. The van der Waals surface area contributed by atoms with Gasteiger partial charge < -0.3 is 14.8 Å². The molecule has 0 radical (unpaired) electrons. The molecule has 1 unspecified atom stereocenters. The Morgan fingerprint density at radius 1 is 1.38 bits per heavy atom. The van der Waals surface area contributed by atoms with E-state index in [9.17, 15) is 0 Å². The van der Waals surface area contributed by atoms with Crippen LogP contribution >= 0.6 is 12.4 Å². The first-order valence-corrected chi connectivity index (χ1v) is 4.63. The van der Waals surface area contributed by atoms with E-state index >= 15 is 0 Å². The summed E-state index contributed by atoms with van der Waals surface area (Å²) >= 11 is 0. The lowest BCUT2D eigenvalue weighted by Gasteiger charge is -2.25. The molecule has 0 aromatic rings. The zero-order valence-corrected chi connectivity index (χ0v) is 9.23. The summed E-state index contributed by atoms with van der Waals surface area (Å²) in [7, 11) is 3.40. The second-order valence-corrected chi connectivity index (χ2v) is 3.35. The molecule has 0 aromatic carbocycles. The van der Waals surface area contributed by atoms with Gasteiger partial charge in [0.2, 0.25) is 0 Å². The Hall–Kier alpha value is 0.170. The van der Waals surface area contributed by atoms with Crippen molar-refractivity contribution in [3.05, 3.63) is 0 Å². The molecule has 0 aromatic heterocycles. The van der Waals surface area contributed by atoms with Gasteiger partial charge in [-0.15, -0.1) is 12.4 Å². The van der Waals surface area contributed by atoms with Gasteiger partial charge in [0, 0.05) is 20.6 Å². The molecule has 1 fully saturated rings. The molecule has 3 nitrogen and oxygen atoms in total. The van der Waals surface area contributed by atoms with E-state index in [2.05, 4.69) is 5.32 Å². The van der Waals surface area contributed by atoms with Crippen molar-refractivity contribution in [3.63, 3.8) is 0 Å². The molecule has 0 amide bonds. The number of rotatable bonds is 4. The predicted octanol–water partition coefficient (Wildman–Crippen LogP) is 1.42. The molecule has 1 aliphatic heterocycles. The van der Waals surface area contributed by atoms with Crippen LogP contribution < -0.4 is 5.32 Å². The summed E-state index contributed by atoms with van der Waals surface area (Å²) in [6, 6.07) is 0. The molecule has 80 valence electrons. The van der Waals surface area contributed by atoms with Gasteiger partial charge >= 0.3 is 0 Å². The summed E-state index contributed by atoms with van der Waals surface area (Å²) in [5.74, 6) is 0.726. The summed E-state index contributed by atoms with van der Waals surface area (Å²) < 4.78 is 10.3. The Balaban J connectivity index is 0.00000144. The van der Waals surface area contributed by atoms with Gasteiger partial charge in [0.1, 0.15) is 0 Å². The SMILES string of the molecule is COC(CC1CCCNC1)OC.Cl. The highest BCUT2D eigenvalue weighted by molar-refractivity contribution is 5.85. The molecule has 1 N–H and O–H groups in total. The van der Waals surface area contributed by atoms with E-state index in [1.807, 2.05) is 0 Å². The van der Waals surface area contributed by atoms with Crippen LogP contribution in [0.15, 0.2) is 0 Å². The number of halogens is 1. The summed E-state index contributed by atoms with van der Waals surface area (Å²) in [6.07, 6.45) is 3.58. The lowest BCUT2D eigenvalue weighted by Crippen LogP contribution is -2.32. The summed E-state index contributed by atoms with van der Waals surface area (Å²) in [5.41, 5.74) is 0. The molecule has 0 bridgehead atoms. The van der Waals surface area contributed by atoms with Gasteiger partial charge in [-0.1, -0.05) is 0 Å².